The van der Waals surface area contributed by atoms with Gasteiger partial charge in [-0.05, 0) is 12.1 Å². The van der Waals surface area contributed by atoms with Gasteiger partial charge < -0.3 is 14.8 Å². The van der Waals surface area contributed by atoms with Gasteiger partial charge >= 0.3 is 0 Å². The van der Waals surface area contributed by atoms with E-state index in [1.54, 1.807) is 17.2 Å². The van der Waals surface area contributed by atoms with Crippen molar-refractivity contribution in [1.29, 1.82) is 0 Å². The van der Waals surface area contributed by atoms with Crippen LogP contribution in [-0.2, 0) is 7.05 Å². The lowest BCUT2D eigenvalue weighted by molar-refractivity contribution is 0.0620. The Balaban J connectivity index is 0.00000192. The highest BCUT2D eigenvalue weighted by Crippen LogP contribution is 2.26. The molecule has 2 heterocycles. The van der Waals surface area contributed by atoms with Crippen molar-refractivity contribution in [2.45, 2.75) is 6.04 Å². The predicted octanol–water partition coefficient (Wildman–Crippen LogP) is 2.42. The van der Waals surface area contributed by atoms with Crippen LogP contribution in [0.5, 0.6) is 0 Å². The molecule has 1 aliphatic rings. The first kappa shape index (κ1) is 17.7. The Morgan fingerprint density at radius 3 is 2.96 bits per heavy atom. The van der Waals surface area contributed by atoms with Crippen LogP contribution in [0.3, 0.4) is 0 Å². The van der Waals surface area contributed by atoms with E-state index in [4.69, 9.17) is 11.6 Å². The highest BCUT2D eigenvalue weighted by Gasteiger charge is 2.32. The fourth-order valence-electron chi connectivity index (χ4n) is 2.70. The maximum absolute atomic E-state index is 13.6. The second-order valence-electron chi connectivity index (χ2n) is 5.22. The molecule has 1 aromatic carbocycles. The van der Waals surface area contributed by atoms with Gasteiger partial charge in [-0.15, -0.1) is 12.4 Å². The third-order valence-corrected chi connectivity index (χ3v) is 4.23. The molecule has 1 N–H and O–H groups in total. The molecule has 1 saturated heterocycles. The van der Waals surface area contributed by atoms with Crippen LogP contribution in [-0.4, -0.2) is 40.0 Å². The normalized spacial score (nSPS) is 17.7. The number of halogens is 3. The van der Waals surface area contributed by atoms with E-state index in [1.165, 1.54) is 12.1 Å². The molecule has 23 heavy (non-hydrogen) atoms. The number of hydrogen-bond acceptors (Lipinski definition) is 3. The van der Waals surface area contributed by atoms with Gasteiger partial charge in [0.1, 0.15) is 17.7 Å². The monoisotopic (exact) mass is 358 g/mol. The maximum atomic E-state index is 13.6. The average Bonchev–Trinajstić information content (AvgIpc) is 2.95. The van der Waals surface area contributed by atoms with Crippen LogP contribution in [0.15, 0.2) is 30.6 Å². The number of benzene rings is 1. The fourth-order valence-corrected chi connectivity index (χ4v) is 2.91. The highest BCUT2D eigenvalue weighted by molar-refractivity contribution is 6.34. The van der Waals surface area contributed by atoms with E-state index < -0.39 is 5.82 Å². The summed E-state index contributed by atoms with van der Waals surface area (Å²) in [6, 6.07) is 4.07. The van der Waals surface area contributed by atoms with Crippen LogP contribution >= 0.6 is 24.0 Å². The summed E-state index contributed by atoms with van der Waals surface area (Å²) >= 11 is 5.95. The van der Waals surface area contributed by atoms with Crippen molar-refractivity contribution in [2.75, 3.05) is 19.6 Å². The number of aromatic nitrogens is 2. The molecule has 1 aliphatic heterocycles. The summed E-state index contributed by atoms with van der Waals surface area (Å²) < 4.78 is 15.5. The molecule has 124 valence electrons. The molecule has 1 unspecified atom stereocenters. The van der Waals surface area contributed by atoms with Crippen molar-refractivity contribution in [1.82, 2.24) is 19.8 Å². The average molecular weight is 359 g/mol. The number of rotatable bonds is 2. The van der Waals surface area contributed by atoms with E-state index in [-0.39, 0.29) is 34.9 Å². The van der Waals surface area contributed by atoms with Gasteiger partial charge in [-0.2, -0.15) is 0 Å². The van der Waals surface area contributed by atoms with Gasteiger partial charge in [0.25, 0.3) is 5.91 Å². The highest BCUT2D eigenvalue weighted by atomic mass is 35.5. The van der Waals surface area contributed by atoms with Gasteiger partial charge in [-0.1, -0.05) is 17.7 Å². The third kappa shape index (κ3) is 3.34. The number of nitrogens with one attached hydrogen (secondary N) is 1. The third-order valence-electron chi connectivity index (χ3n) is 3.84. The van der Waals surface area contributed by atoms with Crippen LogP contribution in [0, 0.1) is 5.82 Å². The molecule has 0 spiro atoms. The molecule has 1 aromatic heterocycles. The second kappa shape index (κ2) is 7.29. The van der Waals surface area contributed by atoms with Crippen molar-refractivity contribution >= 4 is 29.9 Å². The largest absolute Gasteiger partial charge is 0.336 e. The summed E-state index contributed by atoms with van der Waals surface area (Å²) in [5.41, 5.74) is 0.183. The Kier molecular flexibility index (Phi) is 5.62. The molecular formula is C15H17Cl2FN4O. The minimum atomic E-state index is -0.587. The lowest BCUT2D eigenvalue weighted by Gasteiger charge is -2.36. The number of amides is 1. The van der Waals surface area contributed by atoms with Crippen LogP contribution in [0.1, 0.15) is 22.2 Å². The lowest BCUT2D eigenvalue weighted by atomic mass is 10.1. The topological polar surface area (TPSA) is 50.2 Å². The Morgan fingerprint density at radius 2 is 2.26 bits per heavy atom. The van der Waals surface area contributed by atoms with E-state index in [0.717, 1.165) is 5.82 Å². The molecule has 1 atom stereocenters. The van der Waals surface area contributed by atoms with Crippen molar-refractivity contribution in [3.8, 4) is 0 Å². The molecule has 0 bridgehead atoms. The molecule has 0 saturated carbocycles. The number of nitrogens with zero attached hydrogens (tertiary/aromatic N) is 3. The van der Waals surface area contributed by atoms with E-state index in [0.29, 0.717) is 19.6 Å². The second-order valence-corrected chi connectivity index (χ2v) is 5.59. The minimum Gasteiger partial charge on any atom is -0.336 e. The molecule has 3 rings (SSSR count). The first-order chi connectivity index (χ1) is 10.6. The summed E-state index contributed by atoms with van der Waals surface area (Å²) in [4.78, 5) is 18.8. The van der Waals surface area contributed by atoms with E-state index in [1.807, 2.05) is 17.8 Å². The van der Waals surface area contributed by atoms with Crippen LogP contribution in [0.4, 0.5) is 4.39 Å². The summed E-state index contributed by atoms with van der Waals surface area (Å²) in [5.74, 6) is -0.0803. The summed E-state index contributed by atoms with van der Waals surface area (Å²) in [6.07, 6.45) is 3.53. The van der Waals surface area contributed by atoms with Gasteiger partial charge in [0.05, 0.1) is 10.6 Å². The van der Waals surface area contributed by atoms with E-state index >= 15 is 0 Å². The lowest BCUT2D eigenvalue weighted by Crippen LogP contribution is -2.49. The smallest absolute Gasteiger partial charge is 0.256 e. The molecule has 0 aliphatic carbocycles. The Morgan fingerprint density at radius 1 is 1.48 bits per heavy atom. The van der Waals surface area contributed by atoms with Gasteiger partial charge in [-0.25, -0.2) is 9.37 Å². The van der Waals surface area contributed by atoms with Gasteiger partial charge in [0.15, 0.2) is 0 Å². The zero-order valence-electron chi connectivity index (χ0n) is 12.5. The zero-order valence-corrected chi connectivity index (χ0v) is 14.1. The van der Waals surface area contributed by atoms with Gasteiger partial charge in [0, 0.05) is 39.1 Å². The molecular weight excluding hydrogens is 342 g/mol. The maximum Gasteiger partial charge on any atom is 0.256 e. The van der Waals surface area contributed by atoms with Crippen LogP contribution in [0.2, 0.25) is 5.02 Å². The van der Waals surface area contributed by atoms with Crippen molar-refractivity contribution in [2.24, 2.45) is 7.05 Å². The summed E-state index contributed by atoms with van der Waals surface area (Å²) in [6.45, 7) is 1.80. The number of hydrogen-bond donors (Lipinski definition) is 1. The van der Waals surface area contributed by atoms with Crippen molar-refractivity contribution in [3.63, 3.8) is 0 Å². The summed E-state index contributed by atoms with van der Waals surface area (Å²) in [7, 11) is 1.88. The van der Waals surface area contributed by atoms with Crippen molar-refractivity contribution < 1.29 is 9.18 Å². The minimum absolute atomic E-state index is 0. The Bertz CT molecular complexity index is 707. The predicted molar refractivity (Wildman–Crippen MR) is 88.5 cm³/mol. The van der Waals surface area contributed by atoms with E-state index in [9.17, 15) is 9.18 Å². The number of carbonyl (C=O) groups excluding carboxylic acids is 1. The quantitative estimate of drug-likeness (QED) is 0.896. The van der Waals surface area contributed by atoms with Crippen molar-refractivity contribution in [3.05, 3.63) is 52.8 Å². The Hall–Kier alpha value is -1.63. The Labute approximate surface area is 144 Å². The molecule has 1 amide bonds. The number of aryl methyl sites for hydroxylation is 1. The van der Waals surface area contributed by atoms with Gasteiger partial charge in [0.2, 0.25) is 0 Å². The van der Waals surface area contributed by atoms with E-state index in [2.05, 4.69) is 10.3 Å². The van der Waals surface area contributed by atoms with Gasteiger partial charge in [-0.3, -0.25) is 4.79 Å². The summed E-state index contributed by atoms with van der Waals surface area (Å²) in [5, 5.41) is 3.12. The molecule has 1 fully saturated rings. The SMILES string of the molecule is Cl.Cn1ccnc1C1CNCCN1C(=O)c1cccc(F)c1Cl. The fraction of sp³-hybridized carbons (Fsp3) is 0.333. The van der Waals surface area contributed by atoms with Crippen LogP contribution in [0.25, 0.3) is 0 Å². The number of imidazole rings is 1. The molecule has 2 aromatic rings. The molecule has 0 radical (unpaired) electrons. The first-order valence-electron chi connectivity index (χ1n) is 7.02. The molecule has 5 nitrogen and oxygen atoms in total. The standard InChI is InChI=1S/C15H16ClFN4O.ClH/c1-20-7-6-19-14(20)12-9-18-5-8-21(12)15(22)10-3-2-4-11(17)13(10)16;/h2-4,6-7,12,18H,5,8-9H2,1H3;1H. The number of carbonyl (C=O) groups is 1. The zero-order chi connectivity index (χ0) is 15.7. The van der Waals surface area contributed by atoms with Crippen LogP contribution < -0.4 is 5.32 Å². The first-order valence-corrected chi connectivity index (χ1v) is 7.40. The molecule has 8 heteroatoms. The number of piperazine rings is 1.